The molecule has 116 valence electrons. The molecule has 3 rings (SSSR count). The first-order valence-corrected chi connectivity index (χ1v) is 7.75. The summed E-state index contributed by atoms with van der Waals surface area (Å²) >= 11 is 0. The van der Waals surface area contributed by atoms with Gasteiger partial charge in [0.15, 0.2) is 5.60 Å². The van der Waals surface area contributed by atoms with Crippen molar-refractivity contribution in [3.63, 3.8) is 0 Å². The standard InChI is InChI=1S/C16H20N4O2/c17-11-13-10-14(4-6-18-13)20-9-3-5-16(22,12-20)15(21)19-7-1-2-8-19/h4,6,10,22H,1-3,5,7-9,12H2/t16-/m1/s1. The number of aromatic nitrogens is 1. The molecule has 0 bridgehead atoms. The molecule has 1 aromatic rings. The Morgan fingerprint density at radius 2 is 2.09 bits per heavy atom. The van der Waals surface area contributed by atoms with Gasteiger partial charge in [-0.3, -0.25) is 4.79 Å². The third-order valence-electron chi connectivity index (χ3n) is 4.49. The number of likely N-dealkylation sites (tertiary alicyclic amines) is 1. The van der Waals surface area contributed by atoms with Crippen molar-refractivity contribution in [1.82, 2.24) is 9.88 Å². The van der Waals surface area contributed by atoms with Gasteiger partial charge >= 0.3 is 0 Å². The third kappa shape index (κ3) is 2.77. The van der Waals surface area contributed by atoms with Crippen molar-refractivity contribution in [1.29, 1.82) is 5.26 Å². The number of amides is 1. The lowest BCUT2D eigenvalue weighted by Crippen LogP contribution is -2.57. The number of nitriles is 1. The predicted molar refractivity (Wildman–Crippen MR) is 81.2 cm³/mol. The molecular weight excluding hydrogens is 280 g/mol. The molecular formula is C16H20N4O2. The van der Waals surface area contributed by atoms with Crippen LogP contribution in [0.2, 0.25) is 0 Å². The van der Waals surface area contributed by atoms with Gasteiger partial charge in [-0.2, -0.15) is 5.26 Å². The molecule has 1 aromatic heterocycles. The number of rotatable bonds is 2. The first-order valence-electron chi connectivity index (χ1n) is 7.75. The Balaban J connectivity index is 1.78. The van der Waals surface area contributed by atoms with Crippen LogP contribution in [0.5, 0.6) is 0 Å². The highest BCUT2D eigenvalue weighted by atomic mass is 16.3. The number of pyridine rings is 1. The first-order chi connectivity index (χ1) is 10.6. The summed E-state index contributed by atoms with van der Waals surface area (Å²) in [4.78, 5) is 20.3. The first kappa shape index (κ1) is 14.8. The minimum atomic E-state index is -1.32. The molecule has 0 spiro atoms. The van der Waals surface area contributed by atoms with Gasteiger partial charge in [0, 0.05) is 31.5 Å². The zero-order chi connectivity index (χ0) is 15.6. The summed E-state index contributed by atoms with van der Waals surface area (Å²) in [6.45, 7) is 2.53. The van der Waals surface area contributed by atoms with Crippen LogP contribution in [0.15, 0.2) is 18.3 Å². The van der Waals surface area contributed by atoms with Crippen molar-refractivity contribution < 1.29 is 9.90 Å². The monoisotopic (exact) mass is 300 g/mol. The maximum absolute atomic E-state index is 12.6. The summed E-state index contributed by atoms with van der Waals surface area (Å²) in [7, 11) is 0. The van der Waals surface area contributed by atoms with E-state index in [0.29, 0.717) is 12.1 Å². The van der Waals surface area contributed by atoms with Crippen molar-refractivity contribution in [2.45, 2.75) is 31.3 Å². The smallest absolute Gasteiger partial charge is 0.256 e. The van der Waals surface area contributed by atoms with E-state index in [2.05, 4.69) is 4.98 Å². The summed E-state index contributed by atoms with van der Waals surface area (Å²) in [6, 6.07) is 5.53. The molecule has 6 heteroatoms. The summed E-state index contributed by atoms with van der Waals surface area (Å²) < 4.78 is 0. The fourth-order valence-corrected chi connectivity index (χ4v) is 3.32. The summed E-state index contributed by atoms with van der Waals surface area (Å²) in [5, 5.41) is 19.8. The highest BCUT2D eigenvalue weighted by Crippen LogP contribution is 2.28. The van der Waals surface area contributed by atoms with Crippen molar-refractivity contribution in [3.05, 3.63) is 24.0 Å². The number of carbonyl (C=O) groups is 1. The Labute approximate surface area is 130 Å². The maximum Gasteiger partial charge on any atom is 0.256 e. The number of carbonyl (C=O) groups excluding carboxylic acids is 1. The highest BCUT2D eigenvalue weighted by molar-refractivity contribution is 5.86. The van der Waals surface area contributed by atoms with Crippen molar-refractivity contribution >= 4 is 11.6 Å². The molecule has 1 N–H and O–H groups in total. The van der Waals surface area contributed by atoms with Crippen LogP contribution in [0.4, 0.5) is 5.69 Å². The molecule has 2 aliphatic rings. The molecule has 0 unspecified atom stereocenters. The fraction of sp³-hybridized carbons (Fsp3) is 0.562. The Kier molecular flexibility index (Phi) is 3.99. The number of aliphatic hydroxyl groups is 1. The van der Waals surface area contributed by atoms with Crippen molar-refractivity contribution in [3.8, 4) is 6.07 Å². The van der Waals surface area contributed by atoms with E-state index in [1.54, 1.807) is 17.2 Å². The summed E-state index contributed by atoms with van der Waals surface area (Å²) in [5.41, 5.74) is -0.144. The molecule has 1 atom stereocenters. The van der Waals surface area contributed by atoms with Crippen molar-refractivity contribution in [2.24, 2.45) is 0 Å². The number of piperidine rings is 1. The second-order valence-corrected chi connectivity index (χ2v) is 6.07. The lowest BCUT2D eigenvalue weighted by molar-refractivity contribution is -0.151. The Morgan fingerprint density at radius 1 is 1.32 bits per heavy atom. The predicted octanol–water partition coefficient (Wildman–Crippen LogP) is 0.907. The minimum absolute atomic E-state index is 0.149. The Bertz CT molecular complexity index is 606. The minimum Gasteiger partial charge on any atom is -0.378 e. The molecule has 0 radical (unpaired) electrons. The molecule has 1 amide bonds. The second-order valence-electron chi connectivity index (χ2n) is 6.07. The average Bonchev–Trinajstić information content (AvgIpc) is 3.08. The number of hydrogen-bond acceptors (Lipinski definition) is 5. The van der Waals surface area contributed by atoms with Crippen LogP contribution >= 0.6 is 0 Å². The molecule has 0 aromatic carbocycles. The van der Waals surface area contributed by atoms with Crippen LogP contribution < -0.4 is 4.90 Å². The molecule has 3 heterocycles. The van der Waals surface area contributed by atoms with Crippen LogP contribution in [0.3, 0.4) is 0 Å². The van der Waals surface area contributed by atoms with Crippen LogP contribution in [0.25, 0.3) is 0 Å². The van der Waals surface area contributed by atoms with Gasteiger partial charge in [-0.05, 0) is 37.8 Å². The van der Waals surface area contributed by atoms with E-state index < -0.39 is 5.60 Å². The molecule has 6 nitrogen and oxygen atoms in total. The number of β-amino-alcohol motifs (C(OH)–C–C–N with tert-alkyl or cyclic N) is 1. The Morgan fingerprint density at radius 3 is 2.82 bits per heavy atom. The molecule has 0 aliphatic carbocycles. The zero-order valence-corrected chi connectivity index (χ0v) is 12.5. The van der Waals surface area contributed by atoms with Gasteiger partial charge in [-0.15, -0.1) is 0 Å². The van der Waals surface area contributed by atoms with E-state index in [-0.39, 0.29) is 12.5 Å². The van der Waals surface area contributed by atoms with Gasteiger partial charge in [0.05, 0.1) is 6.54 Å². The topological polar surface area (TPSA) is 80.5 Å². The zero-order valence-electron chi connectivity index (χ0n) is 12.5. The van der Waals surface area contributed by atoms with Crippen LogP contribution in [-0.4, -0.2) is 52.7 Å². The largest absolute Gasteiger partial charge is 0.378 e. The number of anilines is 1. The van der Waals surface area contributed by atoms with Gasteiger partial charge < -0.3 is 14.9 Å². The lowest BCUT2D eigenvalue weighted by atomic mass is 9.91. The molecule has 0 saturated carbocycles. The fourth-order valence-electron chi connectivity index (χ4n) is 3.32. The summed E-state index contributed by atoms with van der Waals surface area (Å²) in [5.74, 6) is -0.149. The van der Waals surface area contributed by atoms with Gasteiger partial charge in [0.25, 0.3) is 5.91 Å². The SMILES string of the molecule is N#Cc1cc(N2CCC[C@](O)(C(=O)N3CCCC3)C2)ccn1. The van der Waals surface area contributed by atoms with E-state index >= 15 is 0 Å². The van der Waals surface area contributed by atoms with Crippen molar-refractivity contribution in [2.75, 3.05) is 31.1 Å². The normalized spacial score (nSPS) is 25.1. The highest BCUT2D eigenvalue weighted by Gasteiger charge is 2.43. The maximum atomic E-state index is 12.6. The summed E-state index contributed by atoms with van der Waals surface area (Å²) in [6.07, 6.45) is 4.86. The van der Waals surface area contributed by atoms with E-state index in [0.717, 1.165) is 44.6 Å². The van der Waals surface area contributed by atoms with Crippen LogP contribution in [-0.2, 0) is 4.79 Å². The van der Waals surface area contributed by atoms with E-state index in [4.69, 9.17) is 5.26 Å². The van der Waals surface area contributed by atoms with Crippen LogP contribution in [0, 0.1) is 11.3 Å². The Hall–Kier alpha value is -2.13. The molecule has 2 aliphatic heterocycles. The van der Waals surface area contributed by atoms with Gasteiger partial charge in [0.2, 0.25) is 0 Å². The van der Waals surface area contributed by atoms with Gasteiger partial charge in [-0.1, -0.05) is 0 Å². The molecule has 2 fully saturated rings. The average molecular weight is 300 g/mol. The van der Waals surface area contributed by atoms with Crippen LogP contribution in [0.1, 0.15) is 31.4 Å². The molecule has 22 heavy (non-hydrogen) atoms. The number of nitrogens with zero attached hydrogens (tertiary/aromatic N) is 4. The third-order valence-corrected chi connectivity index (χ3v) is 4.49. The van der Waals surface area contributed by atoms with E-state index in [1.807, 2.05) is 17.0 Å². The van der Waals surface area contributed by atoms with Gasteiger partial charge in [0.1, 0.15) is 11.8 Å². The van der Waals surface area contributed by atoms with Gasteiger partial charge in [-0.25, -0.2) is 4.98 Å². The van der Waals surface area contributed by atoms with E-state index in [1.165, 1.54) is 0 Å². The number of hydrogen-bond donors (Lipinski definition) is 1. The molecule has 2 saturated heterocycles. The lowest BCUT2D eigenvalue weighted by Gasteiger charge is -2.41. The second kappa shape index (κ2) is 5.93. The van der Waals surface area contributed by atoms with E-state index in [9.17, 15) is 9.90 Å². The quantitative estimate of drug-likeness (QED) is 0.878.